The van der Waals surface area contributed by atoms with Crippen molar-refractivity contribution in [2.45, 2.75) is 6.30 Å². The SMILES string of the molecule is O=C1Oc2ccc(-c3c(F)c(F)cc(F)c3F)c(F)c2N(F)C1F. The number of hydrogen-bond donors (Lipinski definition) is 0. The van der Waals surface area contributed by atoms with Crippen LogP contribution in [0.15, 0.2) is 18.2 Å². The molecule has 0 saturated carbocycles. The molecule has 2 aromatic rings. The highest BCUT2D eigenvalue weighted by Gasteiger charge is 2.39. The Bertz CT molecular complexity index is 845. The van der Waals surface area contributed by atoms with Crippen molar-refractivity contribution in [3.8, 4) is 16.9 Å². The van der Waals surface area contributed by atoms with Gasteiger partial charge in [-0.3, -0.25) is 0 Å². The molecule has 0 bridgehead atoms. The first-order valence-corrected chi connectivity index (χ1v) is 6.20. The van der Waals surface area contributed by atoms with Crippen LogP contribution in [-0.2, 0) is 4.79 Å². The lowest BCUT2D eigenvalue weighted by Crippen LogP contribution is -2.39. The first kappa shape index (κ1) is 16.1. The van der Waals surface area contributed by atoms with Crippen LogP contribution in [0.25, 0.3) is 11.1 Å². The summed E-state index contributed by atoms with van der Waals surface area (Å²) in [5.74, 6) is -11.7. The first-order chi connectivity index (χ1) is 11.2. The smallest absolute Gasteiger partial charge is 0.369 e. The number of carbonyl (C=O) groups is 1. The number of nitrogens with zero attached hydrogens (tertiary/aromatic N) is 1. The molecule has 0 saturated heterocycles. The molecule has 0 amide bonds. The topological polar surface area (TPSA) is 29.5 Å². The third-order valence-electron chi connectivity index (χ3n) is 3.28. The van der Waals surface area contributed by atoms with Crippen LogP contribution in [0.1, 0.15) is 0 Å². The Labute approximate surface area is 128 Å². The Kier molecular flexibility index (Phi) is 3.61. The zero-order chi connectivity index (χ0) is 17.8. The molecule has 1 atom stereocenters. The average molecular weight is 351 g/mol. The van der Waals surface area contributed by atoms with Crippen LogP contribution in [0, 0.1) is 29.1 Å². The number of ether oxygens (including phenoxy) is 1. The molecule has 0 fully saturated rings. The minimum atomic E-state index is -3.01. The molecule has 0 spiro atoms. The van der Waals surface area contributed by atoms with Crippen molar-refractivity contribution < 1.29 is 40.4 Å². The Morgan fingerprint density at radius 1 is 0.958 bits per heavy atom. The van der Waals surface area contributed by atoms with Gasteiger partial charge in [0, 0.05) is 11.6 Å². The van der Waals surface area contributed by atoms with Crippen molar-refractivity contribution in [3.05, 3.63) is 47.3 Å². The third-order valence-corrected chi connectivity index (χ3v) is 3.28. The van der Waals surface area contributed by atoms with Gasteiger partial charge in [-0.05, 0) is 12.1 Å². The minimum absolute atomic E-state index is 0.0920. The number of halogens is 7. The van der Waals surface area contributed by atoms with E-state index in [2.05, 4.69) is 4.74 Å². The highest BCUT2D eigenvalue weighted by molar-refractivity contribution is 5.87. The first-order valence-electron chi connectivity index (χ1n) is 6.20. The standard InChI is InChI=1S/C14H4F7NO2/c15-5-3-6(16)11(19)8(10(5)18)4-1-2-7-12(9(4)17)22(21)13(20)14(23)24-7/h1-3,13H. The molecule has 0 radical (unpaired) electrons. The summed E-state index contributed by atoms with van der Waals surface area (Å²) in [6.07, 6.45) is -3.01. The summed E-state index contributed by atoms with van der Waals surface area (Å²) in [7, 11) is 0. The van der Waals surface area contributed by atoms with E-state index in [0.29, 0.717) is 12.1 Å². The van der Waals surface area contributed by atoms with Crippen LogP contribution in [0.3, 0.4) is 0 Å². The lowest BCUT2D eigenvalue weighted by Gasteiger charge is -2.26. The summed E-state index contributed by atoms with van der Waals surface area (Å²) in [5.41, 5.74) is -3.81. The second kappa shape index (κ2) is 5.39. The molecule has 3 rings (SSSR count). The van der Waals surface area contributed by atoms with E-state index in [0.717, 1.165) is 0 Å². The van der Waals surface area contributed by atoms with Crippen LogP contribution in [0.5, 0.6) is 5.75 Å². The van der Waals surface area contributed by atoms with Crippen molar-refractivity contribution in [3.63, 3.8) is 0 Å². The lowest BCUT2D eigenvalue weighted by molar-refractivity contribution is -0.142. The molecule has 1 aliphatic rings. The van der Waals surface area contributed by atoms with Gasteiger partial charge < -0.3 is 4.74 Å². The third kappa shape index (κ3) is 2.17. The molecule has 0 aliphatic carbocycles. The van der Waals surface area contributed by atoms with Crippen LogP contribution < -0.4 is 9.86 Å². The van der Waals surface area contributed by atoms with Crippen molar-refractivity contribution in [2.75, 3.05) is 5.12 Å². The van der Waals surface area contributed by atoms with Gasteiger partial charge in [-0.15, -0.1) is 0 Å². The van der Waals surface area contributed by atoms with Gasteiger partial charge in [-0.25, -0.2) is 31.1 Å². The van der Waals surface area contributed by atoms with Crippen molar-refractivity contribution in [1.29, 1.82) is 0 Å². The van der Waals surface area contributed by atoms with Gasteiger partial charge in [-0.2, -0.15) is 5.12 Å². The predicted molar refractivity (Wildman–Crippen MR) is 65.8 cm³/mol. The summed E-state index contributed by atoms with van der Waals surface area (Å²) in [6.45, 7) is 0. The van der Waals surface area contributed by atoms with Crippen LogP contribution in [0.4, 0.5) is 36.5 Å². The summed E-state index contributed by atoms with van der Waals surface area (Å²) < 4.78 is 99.7. The fourth-order valence-electron chi connectivity index (χ4n) is 2.19. The maximum atomic E-state index is 14.4. The molecule has 1 unspecified atom stereocenters. The summed E-state index contributed by atoms with van der Waals surface area (Å²) in [4.78, 5) is 11.0. The molecule has 24 heavy (non-hydrogen) atoms. The molecule has 0 N–H and O–H groups in total. The molecular formula is C14H4F7NO2. The second-order valence-electron chi connectivity index (χ2n) is 4.69. The number of benzene rings is 2. The number of carbonyl (C=O) groups excluding carboxylic acids is 1. The van der Waals surface area contributed by atoms with E-state index in [1.807, 2.05) is 0 Å². The van der Waals surface area contributed by atoms with Gasteiger partial charge in [-0.1, -0.05) is 4.48 Å². The molecule has 1 aliphatic heterocycles. The number of esters is 1. The summed E-state index contributed by atoms with van der Waals surface area (Å²) >= 11 is 0. The summed E-state index contributed by atoms with van der Waals surface area (Å²) in [5, 5.41) is -0.953. The van der Waals surface area contributed by atoms with Gasteiger partial charge in [0.05, 0.1) is 5.56 Å². The van der Waals surface area contributed by atoms with Crippen molar-refractivity contribution in [1.82, 2.24) is 0 Å². The average Bonchev–Trinajstić information content (AvgIpc) is 2.53. The van der Waals surface area contributed by atoms with Gasteiger partial charge in [0.15, 0.2) is 40.5 Å². The quantitative estimate of drug-likeness (QED) is 0.195. The zero-order valence-electron chi connectivity index (χ0n) is 11.2. The number of rotatable bonds is 1. The van der Waals surface area contributed by atoms with Gasteiger partial charge in [0.1, 0.15) is 0 Å². The maximum Gasteiger partial charge on any atom is 0.369 e. The fourth-order valence-corrected chi connectivity index (χ4v) is 2.19. The summed E-state index contributed by atoms with van der Waals surface area (Å²) in [6, 6.07) is 1.21. The minimum Gasteiger partial charge on any atom is -0.420 e. The Morgan fingerprint density at radius 3 is 2.12 bits per heavy atom. The normalized spacial score (nSPS) is 16.9. The van der Waals surface area contributed by atoms with Gasteiger partial charge >= 0.3 is 5.97 Å². The van der Waals surface area contributed by atoms with Gasteiger partial charge in [0.2, 0.25) is 0 Å². The van der Waals surface area contributed by atoms with E-state index in [-0.39, 0.29) is 6.07 Å². The van der Waals surface area contributed by atoms with Gasteiger partial charge in [0.25, 0.3) is 6.30 Å². The lowest BCUT2D eigenvalue weighted by atomic mass is 10.0. The van der Waals surface area contributed by atoms with E-state index < -0.39 is 69.0 Å². The van der Waals surface area contributed by atoms with Crippen molar-refractivity contribution >= 4 is 11.7 Å². The number of alkyl halides is 1. The molecule has 126 valence electrons. The van der Waals surface area contributed by atoms with E-state index >= 15 is 0 Å². The number of hydrogen-bond acceptors (Lipinski definition) is 3. The van der Waals surface area contributed by atoms with E-state index in [1.165, 1.54) is 0 Å². The number of fused-ring (bicyclic) bond motifs is 1. The highest BCUT2D eigenvalue weighted by atomic mass is 19.2. The molecule has 3 nitrogen and oxygen atoms in total. The Balaban J connectivity index is 2.29. The van der Waals surface area contributed by atoms with E-state index in [9.17, 15) is 35.6 Å². The Hall–Kier alpha value is -2.78. The van der Waals surface area contributed by atoms with Crippen LogP contribution >= 0.6 is 0 Å². The maximum absolute atomic E-state index is 14.4. The molecular weight excluding hydrogens is 347 g/mol. The highest BCUT2D eigenvalue weighted by Crippen LogP contribution is 2.43. The number of anilines is 1. The van der Waals surface area contributed by atoms with Crippen LogP contribution in [-0.4, -0.2) is 12.3 Å². The predicted octanol–water partition coefficient (Wildman–Crippen LogP) is 3.95. The molecule has 2 aromatic carbocycles. The fraction of sp³-hybridized carbons (Fsp3) is 0.0714. The second-order valence-corrected chi connectivity index (χ2v) is 4.69. The zero-order valence-corrected chi connectivity index (χ0v) is 11.2. The van der Waals surface area contributed by atoms with Crippen molar-refractivity contribution in [2.24, 2.45) is 0 Å². The Morgan fingerprint density at radius 2 is 1.54 bits per heavy atom. The van der Waals surface area contributed by atoms with Crippen LogP contribution in [0.2, 0.25) is 0 Å². The molecule has 10 heteroatoms. The van der Waals surface area contributed by atoms with E-state index in [4.69, 9.17) is 0 Å². The van der Waals surface area contributed by atoms with E-state index in [1.54, 1.807) is 0 Å². The molecule has 1 heterocycles. The molecule has 0 aromatic heterocycles. The largest absolute Gasteiger partial charge is 0.420 e. The monoisotopic (exact) mass is 351 g/mol.